The van der Waals surface area contributed by atoms with Crippen LogP contribution in [-0.4, -0.2) is 66.9 Å². The second kappa shape index (κ2) is 8.62. The Balaban J connectivity index is 1.29. The minimum absolute atomic E-state index is 0.0989. The molecule has 1 saturated heterocycles. The van der Waals surface area contributed by atoms with Crippen LogP contribution < -0.4 is 10.6 Å². The smallest absolute Gasteiger partial charge is 0.241 e. The average Bonchev–Trinajstić information content (AvgIpc) is 2.73. The predicted octanol–water partition coefficient (Wildman–Crippen LogP) is 1.63. The number of hydrogen-bond acceptors (Lipinski definition) is 4. The molecular formula is C22H32N4O2. The molecule has 1 aromatic carbocycles. The quantitative estimate of drug-likeness (QED) is 0.860. The molecule has 1 saturated carbocycles. The van der Waals surface area contributed by atoms with Gasteiger partial charge in [-0.25, -0.2) is 0 Å². The van der Waals surface area contributed by atoms with Gasteiger partial charge in [0, 0.05) is 50.4 Å². The van der Waals surface area contributed by atoms with Crippen molar-refractivity contribution in [2.24, 2.45) is 11.7 Å². The lowest BCUT2D eigenvalue weighted by Gasteiger charge is -2.38. The van der Waals surface area contributed by atoms with Crippen LogP contribution in [0.5, 0.6) is 0 Å². The van der Waals surface area contributed by atoms with Crippen LogP contribution in [0.3, 0.4) is 0 Å². The first-order chi connectivity index (χ1) is 13.6. The monoisotopic (exact) mass is 384 g/mol. The molecule has 2 N–H and O–H groups in total. The summed E-state index contributed by atoms with van der Waals surface area (Å²) in [6.45, 7) is 4.21. The average molecular weight is 385 g/mol. The van der Waals surface area contributed by atoms with E-state index in [-0.39, 0.29) is 23.8 Å². The number of fused-ring (bicyclic) bond motifs is 1. The molecule has 2 atom stereocenters. The fourth-order valence-corrected chi connectivity index (χ4v) is 4.91. The zero-order valence-electron chi connectivity index (χ0n) is 16.7. The minimum atomic E-state index is 0.0989. The van der Waals surface area contributed by atoms with E-state index in [4.69, 9.17) is 5.73 Å². The fourth-order valence-electron chi connectivity index (χ4n) is 4.91. The molecule has 0 aromatic heterocycles. The van der Waals surface area contributed by atoms with Crippen LogP contribution in [0.4, 0.5) is 5.69 Å². The number of rotatable bonds is 3. The molecule has 28 heavy (non-hydrogen) atoms. The van der Waals surface area contributed by atoms with Gasteiger partial charge in [0.1, 0.15) is 0 Å². The highest BCUT2D eigenvalue weighted by atomic mass is 16.2. The Bertz CT molecular complexity index is 714. The molecule has 3 aliphatic rings. The lowest BCUT2D eigenvalue weighted by Crippen LogP contribution is -2.53. The number of carbonyl (C=O) groups excluding carboxylic acids is 2. The predicted molar refractivity (Wildman–Crippen MR) is 110 cm³/mol. The van der Waals surface area contributed by atoms with E-state index in [0.717, 1.165) is 63.8 Å². The van der Waals surface area contributed by atoms with Gasteiger partial charge in [-0.05, 0) is 43.7 Å². The summed E-state index contributed by atoms with van der Waals surface area (Å²) < 4.78 is 0. The number of carbonyl (C=O) groups is 2. The van der Waals surface area contributed by atoms with Crippen LogP contribution in [0.2, 0.25) is 0 Å². The van der Waals surface area contributed by atoms with Crippen molar-refractivity contribution < 1.29 is 9.59 Å². The second-order valence-electron chi connectivity index (χ2n) is 8.50. The van der Waals surface area contributed by atoms with Crippen LogP contribution in [0.25, 0.3) is 0 Å². The Morgan fingerprint density at radius 2 is 1.79 bits per heavy atom. The highest BCUT2D eigenvalue weighted by Gasteiger charge is 2.31. The normalized spacial score (nSPS) is 26.0. The van der Waals surface area contributed by atoms with Gasteiger partial charge in [-0.1, -0.05) is 24.6 Å². The zero-order chi connectivity index (χ0) is 19.5. The van der Waals surface area contributed by atoms with Crippen LogP contribution >= 0.6 is 0 Å². The molecular weight excluding hydrogens is 352 g/mol. The summed E-state index contributed by atoms with van der Waals surface area (Å²) in [4.78, 5) is 31.8. The molecule has 1 aliphatic carbocycles. The SMILES string of the molecule is NC1CCCC(C(=O)N2CCN(CC(=O)N3CCCc4ccccc43)CC2)C1. The first-order valence-corrected chi connectivity index (χ1v) is 10.8. The number of amides is 2. The molecule has 2 heterocycles. The topological polar surface area (TPSA) is 69.9 Å². The molecule has 2 amide bonds. The number of hydrogen-bond donors (Lipinski definition) is 1. The van der Waals surface area contributed by atoms with Crippen molar-refractivity contribution in [1.29, 1.82) is 0 Å². The van der Waals surface area contributed by atoms with Gasteiger partial charge in [0.25, 0.3) is 0 Å². The van der Waals surface area contributed by atoms with E-state index in [9.17, 15) is 9.59 Å². The van der Waals surface area contributed by atoms with E-state index in [1.54, 1.807) is 0 Å². The van der Waals surface area contributed by atoms with Crippen LogP contribution in [0, 0.1) is 5.92 Å². The number of piperazine rings is 1. The highest BCUT2D eigenvalue weighted by Crippen LogP contribution is 2.27. The fraction of sp³-hybridized carbons (Fsp3) is 0.636. The first-order valence-electron chi connectivity index (χ1n) is 10.8. The Morgan fingerprint density at radius 3 is 2.57 bits per heavy atom. The molecule has 2 fully saturated rings. The van der Waals surface area contributed by atoms with E-state index in [1.165, 1.54) is 5.56 Å². The maximum Gasteiger partial charge on any atom is 0.241 e. The largest absolute Gasteiger partial charge is 0.340 e. The molecule has 0 bridgehead atoms. The van der Waals surface area contributed by atoms with Gasteiger partial charge in [-0.15, -0.1) is 0 Å². The maximum absolute atomic E-state index is 12.9. The van der Waals surface area contributed by atoms with E-state index >= 15 is 0 Å². The summed E-state index contributed by atoms with van der Waals surface area (Å²) in [5, 5.41) is 0. The third-order valence-corrected chi connectivity index (χ3v) is 6.52. The Labute approximate surface area is 167 Å². The summed E-state index contributed by atoms with van der Waals surface area (Å²) in [6.07, 6.45) is 5.97. The van der Waals surface area contributed by atoms with Gasteiger partial charge in [-0.2, -0.15) is 0 Å². The molecule has 152 valence electrons. The van der Waals surface area contributed by atoms with Gasteiger partial charge in [-0.3, -0.25) is 14.5 Å². The van der Waals surface area contributed by atoms with Gasteiger partial charge in [0.05, 0.1) is 6.54 Å². The van der Waals surface area contributed by atoms with Crippen molar-refractivity contribution in [1.82, 2.24) is 9.80 Å². The van der Waals surface area contributed by atoms with E-state index in [1.807, 2.05) is 21.9 Å². The molecule has 1 aromatic rings. The van der Waals surface area contributed by atoms with Crippen LogP contribution in [-0.2, 0) is 16.0 Å². The molecule has 6 heteroatoms. The van der Waals surface area contributed by atoms with Crippen LogP contribution in [0.1, 0.15) is 37.7 Å². The Hall–Kier alpha value is -1.92. The van der Waals surface area contributed by atoms with Gasteiger partial charge in [0.15, 0.2) is 0 Å². The summed E-state index contributed by atoms with van der Waals surface area (Å²) in [7, 11) is 0. The van der Waals surface area contributed by atoms with Gasteiger partial charge in [0.2, 0.25) is 11.8 Å². The molecule has 2 aliphatic heterocycles. The van der Waals surface area contributed by atoms with E-state index < -0.39 is 0 Å². The number of nitrogens with two attached hydrogens (primary N) is 1. The zero-order valence-corrected chi connectivity index (χ0v) is 16.7. The maximum atomic E-state index is 12.9. The second-order valence-corrected chi connectivity index (χ2v) is 8.50. The summed E-state index contributed by atoms with van der Waals surface area (Å²) >= 11 is 0. The Morgan fingerprint density at radius 1 is 1.00 bits per heavy atom. The van der Waals surface area contributed by atoms with Crippen molar-refractivity contribution in [3.8, 4) is 0 Å². The molecule has 6 nitrogen and oxygen atoms in total. The van der Waals surface area contributed by atoms with Crippen molar-refractivity contribution in [3.63, 3.8) is 0 Å². The Kier molecular flexibility index (Phi) is 5.97. The van der Waals surface area contributed by atoms with Crippen molar-refractivity contribution in [3.05, 3.63) is 29.8 Å². The lowest BCUT2D eigenvalue weighted by molar-refractivity contribution is -0.138. The number of aryl methyl sites for hydroxylation is 1. The van der Waals surface area contributed by atoms with E-state index in [2.05, 4.69) is 17.0 Å². The van der Waals surface area contributed by atoms with Crippen molar-refractivity contribution in [2.75, 3.05) is 44.2 Å². The van der Waals surface area contributed by atoms with E-state index in [0.29, 0.717) is 19.6 Å². The number of anilines is 1. The molecule has 4 rings (SSSR count). The minimum Gasteiger partial charge on any atom is -0.340 e. The van der Waals surface area contributed by atoms with Gasteiger partial charge >= 0.3 is 0 Å². The molecule has 2 unspecified atom stereocenters. The highest BCUT2D eigenvalue weighted by molar-refractivity contribution is 5.96. The standard InChI is InChI=1S/C22H32N4O2/c23-19-8-3-6-18(15-19)22(28)25-13-11-24(12-14-25)16-21(27)26-10-4-7-17-5-1-2-9-20(17)26/h1-2,5,9,18-19H,3-4,6-8,10-16,23H2. The summed E-state index contributed by atoms with van der Waals surface area (Å²) in [5.74, 6) is 0.540. The van der Waals surface area contributed by atoms with Crippen molar-refractivity contribution >= 4 is 17.5 Å². The molecule has 0 radical (unpaired) electrons. The lowest BCUT2D eigenvalue weighted by atomic mass is 9.85. The third-order valence-electron chi connectivity index (χ3n) is 6.52. The van der Waals surface area contributed by atoms with Crippen LogP contribution in [0.15, 0.2) is 24.3 Å². The molecule has 0 spiro atoms. The third kappa shape index (κ3) is 4.23. The van der Waals surface area contributed by atoms with Gasteiger partial charge < -0.3 is 15.5 Å². The summed E-state index contributed by atoms with van der Waals surface area (Å²) in [5.41, 5.74) is 8.39. The number of para-hydroxylation sites is 1. The first kappa shape index (κ1) is 19.4. The number of benzene rings is 1. The van der Waals surface area contributed by atoms with Crippen molar-refractivity contribution in [2.45, 2.75) is 44.6 Å². The summed E-state index contributed by atoms with van der Waals surface area (Å²) in [6, 6.07) is 8.40. The number of nitrogens with zero attached hydrogens (tertiary/aromatic N) is 3.